The van der Waals surface area contributed by atoms with E-state index in [0.717, 1.165) is 36.2 Å². The van der Waals surface area contributed by atoms with Crippen molar-refractivity contribution < 1.29 is 4.79 Å². The van der Waals surface area contributed by atoms with Gasteiger partial charge < -0.3 is 9.88 Å². The summed E-state index contributed by atoms with van der Waals surface area (Å²) in [5, 5.41) is 14.9. The van der Waals surface area contributed by atoms with Crippen molar-refractivity contribution in [1.29, 1.82) is 5.26 Å². The second-order valence-corrected chi connectivity index (χ2v) is 8.79. The molecule has 0 aliphatic carbocycles. The molecule has 0 radical (unpaired) electrons. The third-order valence-electron chi connectivity index (χ3n) is 5.96. The molecule has 1 N–H and O–H groups in total. The molecule has 1 amide bonds. The number of hydrogen-bond donors (Lipinski definition) is 1. The second-order valence-electron chi connectivity index (χ2n) is 7.81. The van der Waals surface area contributed by atoms with Gasteiger partial charge >= 0.3 is 0 Å². The maximum absolute atomic E-state index is 13.0. The number of aromatic nitrogens is 1. The number of hydrogen-bond acceptors (Lipinski definition) is 4. The van der Waals surface area contributed by atoms with Gasteiger partial charge in [-0.25, -0.2) is 0 Å². The van der Waals surface area contributed by atoms with Gasteiger partial charge in [0.15, 0.2) is 0 Å². The molecule has 1 atom stereocenters. The van der Waals surface area contributed by atoms with Crippen molar-refractivity contribution in [1.82, 2.24) is 9.47 Å². The zero-order valence-corrected chi connectivity index (χ0v) is 18.2. The quantitative estimate of drug-likeness (QED) is 0.622. The Balaban J connectivity index is 1.55. The van der Waals surface area contributed by atoms with Crippen LogP contribution in [0, 0.1) is 25.2 Å². The van der Waals surface area contributed by atoms with Gasteiger partial charge in [-0.3, -0.25) is 9.69 Å². The summed E-state index contributed by atoms with van der Waals surface area (Å²) >= 11 is 1.75. The number of nitrogens with zero attached hydrogens (tertiary/aromatic N) is 3. The van der Waals surface area contributed by atoms with Crippen LogP contribution >= 0.6 is 11.3 Å². The molecule has 5 nitrogen and oxygen atoms in total. The first-order chi connectivity index (χ1) is 14.6. The maximum atomic E-state index is 13.0. The summed E-state index contributed by atoms with van der Waals surface area (Å²) in [7, 11) is 0. The van der Waals surface area contributed by atoms with E-state index in [1.807, 2.05) is 36.6 Å². The van der Waals surface area contributed by atoms with Crippen molar-refractivity contribution in [3.05, 3.63) is 75.1 Å². The standard InChI is InChI=1S/C24H26N4OS/c1-17-18(2)28(15-19-8-4-3-5-9-19)24(20(17)14-25)26-23(29)16-27-12-6-10-21(27)22-11-7-13-30-22/h3-5,7-9,11,13,21H,6,10,12,15-16H2,1-2H3,(H,26,29)/t21-/m0/s1. The first-order valence-corrected chi connectivity index (χ1v) is 11.2. The number of carbonyl (C=O) groups excluding carboxylic acids is 1. The minimum Gasteiger partial charge on any atom is -0.326 e. The van der Waals surface area contributed by atoms with Crippen molar-refractivity contribution in [2.45, 2.75) is 39.3 Å². The lowest BCUT2D eigenvalue weighted by molar-refractivity contribution is -0.117. The van der Waals surface area contributed by atoms with Crippen LogP contribution in [0.1, 0.15) is 46.1 Å². The molecule has 3 heterocycles. The summed E-state index contributed by atoms with van der Waals surface area (Å²) in [5.74, 6) is 0.537. The van der Waals surface area contributed by atoms with Crippen molar-refractivity contribution in [2.75, 3.05) is 18.4 Å². The average molecular weight is 419 g/mol. The average Bonchev–Trinajstić information content (AvgIpc) is 3.47. The predicted molar refractivity (Wildman–Crippen MR) is 121 cm³/mol. The molecule has 4 rings (SSSR count). The highest BCUT2D eigenvalue weighted by atomic mass is 32.1. The van der Waals surface area contributed by atoms with Crippen LogP contribution in [-0.4, -0.2) is 28.5 Å². The second kappa shape index (κ2) is 8.86. The molecule has 0 saturated carbocycles. The summed E-state index contributed by atoms with van der Waals surface area (Å²) < 4.78 is 2.04. The molecule has 6 heteroatoms. The number of anilines is 1. The fraction of sp³-hybridized carbons (Fsp3) is 0.333. The molecule has 1 aromatic carbocycles. The monoisotopic (exact) mass is 418 g/mol. The van der Waals surface area contributed by atoms with Gasteiger partial charge in [-0.15, -0.1) is 11.3 Å². The third kappa shape index (κ3) is 4.04. The van der Waals surface area contributed by atoms with E-state index in [4.69, 9.17) is 0 Å². The molecule has 154 valence electrons. The Morgan fingerprint density at radius 3 is 2.73 bits per heavy atom. The van der Waals surface area contributed by atoms with Crippen LogP contribution < -0.4 is 5.32 Å². The van der Waals surface area contributed by atoms with Crippen molar-refractivity contribution in [2.24, 2.45) is 0 Å². The van der Waals surface area contributed by atoms with Gasteiger partial charge in [-0.1, -0.05) is 36.4 Å². The molecule has 1 aliphatic heterocycles. The third-order valence-corrected chi connectivity index (χ3v) is 6.94. The van der Waals surface area contributed by atoms with Crippen molar-refractivity contribution in [3.8, 4) is 6.07 Å². The van der Waals surface area contributed by atoms with E-state index in [9.17, 15) is 10.1 Å². The van der Waals surface area contributed by atoms with E-state index < -0.39 is 0 Å². The van der Waals surface area contributed by atoms with Crippen LogP contribution in [0.25, 0.3) is 0 Å². The van der Waals surface area contributed by atoms with E-state index in [0.29, 0.717) is 30.5 Å². The molecule has 0 spiro atoms. The number of amides is 1. The maximum Gasteiger partial charge on any atom is 0.239 e. The Morgan fingerprint density at radius 2 is 2.03 bits per heavy atom. The molecular weight excluding hydrogens is 392 g/mol. The number of likely N-dealkylation sites (tertiary alicyclic amines) is 1. The fourth-order valence-corrected chi connectivity index (χ4v) is 5.16. The van der Waals surface area contributed by atoms with Gasteiger partial charge in [0.1, 0.15) is 11.9 Å². The zero-order valence-electron chi connectivity index (χ0n) is 17.4. The molecule has 0 bridgehead atoms. The first-order valence-electron chi connectivity index (χ1n) is 10.3. The van der Waals surface area contributed by atoms with Crippen LogP contribution in [0.15, 0.2) is 47.8 Å². The smallest absolute Gasteiger partial charge is 0.239 e. The van der Waals surface area contributed by atoms with Crippen LogP contribution in [0.2, 0.25) is 0 Å². The first kappa shape index (κ1) is 20.4. The van der Waals surface area contributed by atoms with E-state index in [1.54, 1.807) is 11.3 Å². The zero-order chi connectivity index (χ0) is 21.1. The van der Waals surface area contributed by atoms with Gasteiger partial charge in [0.05, 0.1) is 12.1 Å². The predicted octanol–water partition coefficient (Wildman–Crippen LogP) is 4.86. The number of rotatable bonds is 6. The lowest BCUT2D eigenvalue weighted by Crippen LogP contribution is -2.33. The largest absolute Gasteiger partial charge is 0.326 e. The number of nitriles is 1. The van der Waals surface area contributed by atoms with Crippen LogP contribution in [0.5, 0.6) is 0 Å². The summed E-state index contributed by atoms with van der Waals surface area (Å²) in [5.41, 5.74) is 3.60. The lowest BCUT2D eigenvalue weighted by atomic mass is 10.2. The summed E-state index contributed by atoms with van der Waals surface area (Å²) in [6.07, 6.45) is 2.18. The Bertz CT molecular complexity index is 1060. The number of thiophene rings is 1. The normalized spacial score (nSPS) is 16.5. The minimum atomic E-state index is -0.0678. The van der Waals surface area contributed by atoms with E-state index in [-0.39, 0.29) is 5.91 Å². The van der Waals surface area contributed by atoms with E-state index in [1.165, 1.54) is 4.88 Å². The Kier molecular flexibility index (Phi) is 6.03. The summed E-state index contributed by atoms with van der Waals surface area (Å²) in [6.45, 7) is 5.82. The number of benzene rings is 1. The minimum absolute atomic E-state index is 0.0678. The van der Waals surface area contributed by atoms with Gasteiger partial charge in [0.25, 0.3) is 0 Å². The highest BCUT2D eigenvalue weighted by Gasteiger charge is 2.29. The van der Waals surface area contributed by atoms with Crippen LogP contribution in [0.3, 0.4) is 0 Å². The number of nitrogens with one attached hydrogen (secondary N) is 1. The molecule has 0 unspecified atom stereocenters. The lowest BCUT2D eigenvalue weighted by Gasteiger charge is -2.23. The van der Waals surface area contributed by atoms with Gasteiger partial charge in [-0.05, 0) is 55.8 Å². The van der Waals surface area contributed by atoms with E-state index in [2.05, 4.69) is 45.9 Å². The molecule has 1 saturated heterocycles. The van der Waals surface area contributed by atoms with Crippen LogP contribution in [0.4, 0.5) is 5.82 Å². The fourth-order valence-electron chi connectivity index (χ4n) is 4.27. The molecule has 1 aliphatic rings. The van der Waals surface area contributed by atoms with Gasteiger partial charge in [-0.2, -0.15) is 5.26 Å². The molecule has 1 fully saturated rings. The van der Waals surface area contributed by atoms with Crippen LogP contribution in [-0.2, 0) is 11.3 Å². The molecule has 3 aromatic rings. The SMILES string of the molecule is Cc1c(C#N)c(NC(=O)CN2CCC[C@H]2c2cccs2)n(Cc2ccccc2)c1C. The number of carbonyl (C=O) groups is 1. The summed E-state index contributed by atoms with van der Waals surface area (Å²) in [4.78, 5) is 16.6. The highest BCUT2D eigenvalue weighted by Crippen LogP contribution is 2.34. The topological polar surface area (TPSA) is 61.1 Å². The highest BCUT2D eigenvalue weighted by molar-refractivity contribution is 7.10. The molecule has 30 heavy (non-hydrogen) atoms. The molecule has 2 aromatic heterocycles. The Labute approximate surface area is 181 Å². The van der Waals surface area contributed by atoms with E-state index >= 15 is 0 Å². The summed E-state index contributed by atoms with van der Waals surface area (Å²) in [6, 6.07) is 16.9. The van der Waals surface area contributed by atoms with Gasteiger partial charge in [0, 0.05) is 23.2 Å². The Morgan fingerprint density at radius 1 is 1.23 bits per heavy atom. The molecular formula is C24H26N4OS. The Hall–Kier alpha value is -2.88. The van der Waals surface area contributed by atoms with Gasteiger partial charge in [0.2, 0.25) is 5.91 Å². The van der Waals surface area contributed by atoms with Crippen molar-refractivity contribution in [3.63, 3.8) is 0 Å². The van der Waals surface area contributed by atoms with Crippen molar-refractivity contribution >= 4 is 23.1 Å².